The summed E-state index contributed by atoms with van der Waals surface area (Å²) in [5.74, 6) is -0.254. The minimum atomic E-state index is -4.48. The van der Waals surface area contributed by atoms with Crippen LogP contribution >= 0.6 is 0 Å². The number of nitrogens with one attached hydrogen (secondary N) is 1. The molecule has 0 aliphatic carbocycles. The van der Waals surface area contributed by atoms with Gasteiger partial charge in [-0.25, -0.2) is 4.98 Å². The summed E-state index contributed by atoms with van der Waals surface area (Å²) in [6.45, 7) is 0.675. The first-order valence-electron chi connectivity index (χ1n) is 5.95. The first-order chi connectivity index (χ1) is 9.36. The van der Waals surface area contributed by atoms with Gasteiger partial charge in [0.25, 0.3) is 0 Å². The third-order valence-electron chi connectivity index (χ3n) is 2.61. The number of pyridine rings is 1. The highest BCUT2D eigenvalue weighted by Gasteiger charge is 2.35. The Kier molecular flexibility index (Phi) is 5.75. The van der Waals surface area contributed by atoms with E-state index < -0.39 is 11.7 Å². The van der Waals surface area contributed by atoms with Crippen LogP contribution in [0.4, 0.5) is 19.0 Å². The molecule has 0 radical (unpaired) electrons. The van der Waals surface area contributed by atoms with E-state index >= 15 is 0 Å². The molecule has 1 rings (SSSR count). The normalized spacial score (nSPS) is 11.4. The van der Waals surface area contributed by atoms with Crippen LogP contribution in [0.15, 0.2) is 18.3 Å². The summed E-state index contributed by atoms with van der Waals surface area (Å²) in [5, 5.41) is 7.18. The van der Waals surface area contributed by atoms with Gasteiger partial charge in [0.15, 0.2) is 0 Å². The van der Waals surface area contributed by atoms with Crippen molar-refractivity contribution in [2.45, 2.75) is 12.6 Å². The third-order valence-corrected chi connectivity index (χ3v) is 2.61. The predicted molar refractivity (Wildman–Crippen MR) is 69.9 cm³/mol. The van der Waals surface area contributed by atoms with E-state index in [0.717, 1.165) is 6.07 Å². The lowest BCUT2D eigenvalue weighted by Crippen LogP contribution is -2.33. The lowest BCUT2D eigenvalue weighted by Gasteiger charge is -2.26. The van der Waals surface area contributed by atoms with E-state index in [9.17, 15) is 13.2 Å². The molecule has 5 nitrogen and oxygen atoms in total. The molecule has 0 saturated heterocycles. The van der Waals surface area contributed by atoms with E-state index in [-0.39, 0.29) is 37.8 Å². The van der Waals surface area contributed by atoms with Crippen molar-refractivity contribution in [3.8, 4) is 0 Å². The zero-order chi connectivity index (χ0) is 15.2. The molecule has 0 bridgehead atoms. The summed E-state index contributed by atoms with van der Waals surface area (Å²) < 4.78 is 43.8. The number of nitrogens with two attached hydrogens (primary N) is 1. The van der Waals surface area contributed by atoms with Crippen molar-refractivity contribution in [1.82, 2.24) is 4.98 Å². The van der Waals surface area contributed by atoms with Gasteiger partial charge in [-0.05, 0) is 12.1 Å². The summed E-state index contributed by atoms with van der Waals surface area (Å²) in [7, 11) is 1.46. The molecule has 112 valence electrons. The quantitative estimate of drug-likeness (QED) is 0.594. The largest absolute Gasteiger partial charge is 0.419 e. The maximum absolute atomic E-state index is 13.0. The summed E-state index contributed by atoms with van der Waals surface area (Å²) in [6.07, 6.45) is -3.01. The van der Waals surface area contributed by atoms with E-state index in [4.69, 9.17) is 15.9 Å². The summed E-state index contributed by atoms with van der Waals surface area (Å²) in [5.41, 5.74) is 4.45. The highest BCUT2D eigenvalue weighted by Crippen LogP contribution is 2.35. The van der Waals surface area contributed by atoms with Crippen molar-refractivity contribution >= 4 is 11.7 Å². The van der Waals surface area contributed by atoms with Crippen molar-refractivity contribution in [2.75, 3.05) is 31.7 Å². The maximum Gasteiger partial charge on any atom is 0.419 e. The van der Waals surface area contributed by atoms with Crippen LogP contribution in [0.25, 0.3) is 0 Å². The molecule has 0 spiro atoms. The van der Waals surface area contributed by atoms with Gasteiger partial charge in [-0.2, -0.15) is 13.2 Å². The van der Waals surface area contributed by atoms with Gasteiger partial charge in [0, 0.05) is 32.8 Å². The minimum Gasteiger partial charge on any atom is -0.388 e. The number of alkyl halides is 3. The fraction of sp³-hybridized carbons (Fsp3) is 0.500. The van der Waals surface area contributed by atoms with Gasteiger partial charge in [0.1, 0.15) is 5.82 Å². The zero-order valence-corrected chi connectivity index (χ0v) is 11.1. The Labute approximate surface area is 115 Å². The zero-order valence-electron chi connectivity index (χ0n) is 11.1. The molecule has 0 saturated carbocycles. The summed E-state index contributed by atoms with van der Waals surface area (Å²) >= 11 is 0. The number of hydrogen-bond donors (Lipinski definition) is 2. The molecule has 0 aromatic carbocycles. The van der Waals surface area contributed by atoms with Gasteiger partial charge >= 0.3 is 6.18 Å². The molecule has 1 heterocycles. The summed E-state index contributed by atoms with van der Waals surface area (Å²) in [6, 6.07) is 2.22. The van der Waals surface area contributed by atoms with Gasteiger partial charge < -0.3 is 15.4 Å². The second kappa shape index (κ2) is 7.09. The van der Waals surface area contributed by atoms with Crippen molar-refractivity contribution in [3.05, 3.63) is 23.9 Å². The van der Waals surface area contributed by atoms with Crippen LogP contribution < -0.4 is 10.6 Å². The molecule has 0 aliphatic heterocycles. The standard InChI is InChI=1S/C12H17F3N4O/c1-20-8-7-19(6-4-10(16)17)11-9(12(13,14)15)3-2-5-18-11/h2-3,5H,4,6-8H2,1H3,(H3,16,17). The molecule has 0 fully saturated rings. The number of anilines is 1. The Bertz CT molecular complexity index is 451. The van der Waals surface area contributed by atoms with Gasteiger partial charge in [0.05, 0.1) is 18.0 Å². The topological polar surface area (TPSA) is 75.2 Å². The predicted octanol–water partition coefficient (Wildman–Crippen LogP) is 1.88. The maximum atomic E-state index is 13.0. The first-order valence-corrected chi connectivity index (χ1v) is 5.95. The van der Waals surface area contributed by atoms with Crippen LogP contribution in [0.2, 0.25) is 0 Å². The molecule has 20 heavy (non-hydrogen) atoms. The van der Waals surface area contributed by atoms with Crippen LogP contribution in [0, 0.1) is 5.41 Å². The Balaban J connectivity index is 3.02. The number of amidine groups is 1. The van der Waals surface area contributed by atoms with Crippen molar-refractivity contribution in [2.24, 2.45) is 5.73 Å². The van der Waals surface area contributed by atoms with Gasteiger partial charge in [0.2, 0.25) is 0 Å². The van der Waals surface area contributed by atoms with Gasteiger partial charge in [-0.1, -0.05) is 0 Å². The van der Waals surface area contributed by atoms with Crippen molar-refractivity contribution < 1.29 is 17.9 Å². The first kappa shape index (κ1) is 16.2. The van der Waals surface area contributed by atoms with E-state index in [1.807, 2.05) is 0 Å². The number of hydrogen-bond acceptors (Lipinski definition) is 4. The molecule has 0 atom stereocenters. The van der Waals surface area contributed by atoms with Gasteiger partial charge in [-0.3, -0.25) is 5.41 Å². The molecule has 1 aromatic rings. The number of nitrogens with zero attached hydrogens (tertiary/aromatic N) is 2. The Hall–Kier alpha value is -1.83. The number of rotatable bonds is 7. The van der Waals surface area contributed by atoms with Crippen LogP contribution in [-0.4, -0.2) is 37.6 Å². The molecular formula is C12H17F3N4O. The minimum absolute atomic E-state index is 0.0862. The molecular weight excluding hydrogens is 273 g/mol. The van der Waals surface area contributed by atoms with Gasteiger partial charge in [-0.15, -0.1) is 0 Å². The second-order valence-corrected chi connectivity index (χ2v) is 4.13. The monoisotopic (exact) mass is 290 g/mol. The van der Waals surface area contributed by atoms with E-state index in [1.54, 1.807) is 0 Å². The van der Waals surface area contributed by atoms with Crippen LogP contribution in [0.1, 0.15) is 12.0 Å². The molecule has 0 unspecified atom stereocenters. The number of aromatic nitrogens is 1. The summed E-state index contributed by atoms with van der Waals surface area (Å²) in [4.78, 5) is 5.24. The van der Waals surface area contributed by atoms with E-state index in [1.165, 1.54) is 24.3 Å². The lowest BCUT2D eigenvalue weighted by molar-refractivity contribution is -0.137. The van der Waals surface area contributed by atoms with Crippen LogP contribution in [0.3, 0.4) is 0 Å². The third kappa shape index (κ3) is 4.69. The molecule has 0 aliphatic rings. The molecule has 3 N–H and O–H groups in total. The average Bonchev–Trinajstić information content (AvgIpc) is 2.37. The van der Waals surface area contributed by atoms with Crippen LogP contribution in [-0.2, 0) is 10.9 Å². The Morgan fingerprint density at radius 1 is 1.45 bits per heavy atom. The Morgan fingerprint density at radius 2 is 2.15 bits per heavy atom. The van der Waals surface area contributed by atoms with E-state index in [2.05, 4.69) is 4.98 Å². The fourth-order valence-corrected chi connectivity index (χ4v) is 1.65. The molecule has 1 aromatic heterocycles. The lowest BCUT2D eigenvalue weighted by atomic mass is 10.2. The number of halogens is 3. The number of ether oxygens (including phenoxy) is 1. The SMILES string of the molecule is COCCN(CCC(=N)N)c1ncccc1C(F)(F)F. The number of methoxy groups -OCH3 is 1. The molecule has 8 heteroatoms. The molecule has 0 amide bonds. The smallest absolute Gasteiger partial charge is 0.388 e. The van der Waals surface area contributed by atoms with Crippen molar-refractivity contribution in [3.63, 3.8) is 0 Å². The van der Waals surface area contributed by atoms with Crippen LogP contribution in [0.5, 0.6) is 0 Å². The Morgan fingerprint density at radius 3 is 2.70 bits per heavy atom. The fourth-order valence-electron chi connectivity index (χ4n) is 1.65. The highest BCUT2D eigenvalue weighted by atomic mass is 19.4. The van der Waals surface area contributed by atoms with E-state index in [0.29, 0.717) is 0 Å². The van der Waals surface area contributed by atoms with Crippen molar-refractivity contribution in [1.29, 1.82) is 5.41 Å². The highest BCUT2D eigenvalue weighted by molar-refractivity contribution is 5.77. The average molecular weight is 290 g/mol. The second-order valence-electron chi connectivity index (χ2n) is 4.13.